The molecule has 0 aliphatic rings. The summed E-state index contributed by atoms with van der Waals surface area (Å²) < 4.78 is 17.2. The fourth-order valence-electron chi connectivity index (χ4n) is 1.47. The van der Waals surface area contributed by atoms with E-state index in [2.05, 4.69) is 10.1 Å². The van der Waals surface area contributed by atoms with Gasteiger partial charge in [-0.1, -0.05) is 12.1 Å². The molecule has 0 aliphatic carbocycles. The van der Waals surface area contributed by atoms with Gasteiger partial charge in [-0.25, -0.2) is 9.18 Å². The van der Waals surface area contributed by atoms with Crippen molar-refractivity contribution in [3.05, 3.63) is 35.6 Å². The summed E-state index contributed by atoms with van der Waals surface area (Å²) in [6.07, 6.45) is 0.478. The minimum atomic E-state index is -0.553. The molecule has 0 radical (unpaired) electrons. The van der Waals surface area contributed by atoms with Gasteiger partial charge in [-0.2, -0.15) is 0 Å². The zero-order valence-electron chi connectivity index (χ0n) is 9.48. The normalized spacial score (nSPS) is 11.6. The molecule has 1 atom stereocenters. The highest BCUT2D eigenvalue weighted by atomic mass is 19.1. The monoisotopic (exact) mass is 239 g/mol. The Morgan fingerprint density at radius 3 is 2.65 bits per heavy atom. The van der Waals surface area contributed by atoms with E-state index in [4.69, 9.17) is 0 Å². The fourth-order valence-corrected chi connectivity index (χ4v) is 1.47. The molecule has 1 N–H and O–H groups in total. The first-order valence-electron chi connectivity index (χ1n) is 5.18. The van der Waals surface area contributed by atoms with Gasteiger partial charge in [0.1, 0.15) is 12.1 Å². The van der Waals surface area contributed by atoms with Crippen molar-refractivity contribution in [2.75, 3.05) is 13.7 Å². The van der Waals surface area contributed by atoms with Crippen LogP contribution < -0.4 is 5.32 Å². The van der Waals surface area contributed by atoms with Crippen LogP contribution >= 0.6 is 0 Å². The van der Waals surface area contributed by atoms with Crippen LogP contribution in [0.5, 0.6) is 0 Å². The topological polar surface area (TPSA) is 55.4 Å². The molecule has 17 heavy (non-hydrogen) atoms. The smallest absolute Gasteiger partial charge is 0.406 e. The second kappa shape index (κ2) is 6.62. The molecule has 1 amide bonds. The predicted octanol–water partition coefficient (Wildman–Crippen LogP) is 1.85. The van der Waals surface area contributed by atoms with E-state index in [1.807, 2.05) is 0 Å². The minimum Gasteiger partial charge on any atom is -0.453 e. The van der Waals surface area contributed by atoms with Crippen LogP contribution in [0.2, 0.25) is 0 Å². The number of nitrogens with one attached hydrogen (secondary N) is 1. The Labute approximate surface area is 98.8 Å². The molecule has 0 spiro atoms. The molecule has 92 valence electrons. The number of hydrogen-bond acceptors (Lipinski definition) is 3. The molecule has 0 heterocycles. The summed E-state index contributed by atoms with van der Waals surface area (Å²) in [7, 11) is 1.27. The van der Waals surface area contributed by atoms with Gasteiger partial charge in [-0.15, -0.1) is 0 Å². The lowest BCUT2D eigenvalue weighted by atomic mass is 9.96. The molecule has 0 fully saturated rings. The average Bonchev–Trinajstić information content (AvgIpc) is 2.35. The third kappa shape index (κ3) is 4.22. The first kappa shape index (κ1) is 13.2. The van der Waals surface area contributed by atoms with Gasteiger partial charge < -0.3 is 14.8 Å². The number of alkyl carbamates (subject to hydrolysis) is 1. The molecule has 5 heteroatoms. The van der Waals surface area contributed by atoms with Crippen molar-refractivity contribution in [3.8, 4) is 0 Å². The highest BCUT2D eigenvalue weighted by Gasteiger charge is 2.12. The standard InChI is InChI=1S/C12H14FNO3/c1-17-12(16)14-8-10(6-7-15)9-2-4-11(13)5-3-9/h2-5,7,10H,6,8H2,1H3,(H,14,16)/t10-/m1/s1. The van der Waals surface area contributed by atoms with Crippen LogP contribution in [0.4, 0.5) is 9.18 Å². The second-order valence-electron chi connectivity index (χ2n) is 3.52. The van der Waals surface area contributed by atoms with E-state index in [0.717, 1.165) is 11.8 Å². The number of hydrogen-bond donors (Lipinski definition) is 1. The Morgan fingerprint density at radius 2 is 2.12 bits per heavy atom. The highest BCUT2D eigenvalue weighted by Crippen LogP contribution is 2.18. The fraction of sp³-hybridized carbons (Fsp3) is 0.333. The molecule has 0 saturated carbocycles. The molecule has 1 aromatic rings. The van der Waals surface area contributed by atoms with Gasteiger partial charge in [0.15, 0.2) is 0 Å². The van der Waals surface area contributed by atoms with E-state index < -0.39 is 6.09 Å². The number of ether oxygens (including phenoxy) is 1. The van der Waals surface area contributed by atoms with Crippen LogP contribution in [-0.2, 0) is 9.53 Å². The average molecular weight is 239 g/mol. The van der Waals surface area contributed by atoms with Crippen LogP contribution in [-0.4, -0.2) is 26.0 Å². The van der Waals surface area contributed by atoms with Crippen molar-refractivity contribution in [3.63, 3.8) is 0 Å². The van der Waals surface area contributed by atoms with Crippen molar-refractivity contribution in [2.45, 2.75) is 12.3 Å². The predicted molar refractivity (Wildman–Crippen MR) is 60.2 cm³/mol. The molecule has 1 aromatic carbocycles. The quantitative estimate of drug-likeness (QED) is 0.798. The molecule has 4 nitrogen and oxygen atoms in total. The third-order valence-electron chi connectivity index (χ3n) is 2.40. The Balaban J connectivity index is 2.67. The molecule has 0 bridgehead atoms. The van der Waals surface area contributed by atoms with E-state index in [-0.39, 0.29) is 24.7 Å². The van der Waals surface area contributed by atoms with Crippen LogP contribution in [0.15, 0.2) is 24.3 Å². The lowest BCUT2D eigenvalue weighted by Gasteiger charge is -2.15. The molecule has 0 unspecified atom stereocenters. The second-order valence-corrected chi connectivity index (χ2v) is 3.52. The van der Waals surface area contributed by atoms with Crippen molar-refractivity contribution in [1.82, 2.24) is 5.32 Å². The highest BCUT2D eigenvalue weighted by molar-refractivity contribution is 5.67. The summed E-state index contributed by atoms with van der Waals surface area (Å²) in [6, 6.07) is 5.85. The lowest BCUT2D eigenvalue weighted by molar-refractivity contribution is -0.108. The number of carbonyl (C=O) groups excluding carboxylic acids is 2. The summed E-state index contributed by atoms with van der Waals surface area (Å²) in [5, 5.41) is 2.52. The van der Waals surface area contributed by atoms with Crippen molar-refractivity contribution in [1.29, 1.82) is 0 Å². The number of aldehydes is 1. The third-order valence-corrected chi connectivity index (χ3v) is 2.40. The Hall–Kier alpha value is -1.91. The molecular weight excluding hydrogens is 225 g/mol. The molecule has 1 rings (SSSR count). The number of carbonyl (C=O) groups is 2. The molecular formula is C12H14FNO3. The maximum absolute atomic E-state index is 12.7. The van der Waals surface area contributed by atoms with Gasteiger partial charge in [-0.05, 0) is 17.7 Å². The molecule has 0 aromatic heterocycles. The molecule has 0 aliphatic heterocycles. The summed E-state index contributed by atoms with van der Waals surface area (Å²) >= 11 is 0. The van der Waals surface area contributed by atoms with Gasteiger partial charge in [0.05, 0.1) is 7.11 Å². The van der Waals surface area contributed by atoms with Crippen molar-refractivity contribution in [2.24, 2.45) is 0 Å². The van der Waals surface area contributed by atoms with Gasteiger partial charge in [0.25, 0.3) is 0 Å². The summed E-state index contributed by atoms with van der Waals surface area (Å²) in [5.41, 5.74) is 0.801. The summed E-state index contributed by atoms with van der Waals surface area (Å²) in [4.78, 5) is 21.5. The first-order chi connectivity index (χ1) is 8.17. The van der Waals surface area contributed by atoms with Crippen LogP contribution in [0, 0.1) is 5.82 Å². The summed E-state index contributed by atoms with van der Waals surface area (Å²) in [6.45, 7) is 0.275. The van der Waals surface area contributed by atoms with Crippen LogP contribution in [0.25, 0.3) is 0 Å². The van der Waals surface area contributed by atoms with E-state index in [1.165, 1.54) is 19.2 Å². The van der Waals surface area contributed by atoms with Gasteiger partial charge in [-0.3, -0.25) is 0 Å². The van der Waals surface area contributed by atoms with Crippen LogP contribution in [0.1, 0.15) is 17.9 Å². The lowest BCUT2D eigenvalue weighted by Crippen LogP contribution is -2.28. The number of benzene rings is 1. The number of halogens is 1. The largest absolute Gasteiger partial charge is 0.453 e. The van der Waals surface area contributed by atoms with Gasteiger partial charge in [0.2, 0.25) is 0 Å². The number of amides is 1. The van der Waals surface area contributed by atoms with Crippen molar-refractivity contribution >= 4 is 12.4 Å². The van der Waals surface area contributed by atoms with E-state index in [1.54, 1.807) is 12.1 Å². The Kier molecular flexibility index (Phi) is 5.13. The maximum atomic E-state index is 12.7. The van der Waals surface area contributed by atoms with E-state index in [9.17, 15) is 14.0 Å². The van der Waals surface area contributed by atoms with Gasteiger partial charge in [0, 0.05) is 18.9 Å². The van der Waals surface area contributed by atoms with Crippen molar-refractivity contribution < 1.29 is 18.7 Å². The van der Waals surface area contributed by atoms with E-state index in [0.29, 0.717) is 0 Å². The minimum absolute atomic E-state index is 0.174. The Bertz CT molecular complexity index is 378. The Morgan fingerprint density at radius 1 is 1.47 bits per heavy atom. The van der Waals surface area contributed by atoms with Crippen LogP contribution in [0.3, 0.4) is 0 Å². The summed E-state index contributed by atoms with van der Waals surface area (Å²) in [5.74, 6) is -0.508. The number of methoxy groups -OCH3 is 1. The van der Waals surface area contributed by atoms with E-state index >= 15 is 0 Å². The van der Waals surface area contributed by atoms with Gasteiger partial charge >= 0.3 is 6.09 Å². The maximum Gasteiger partial charge on any atom is 0.406 e. The SMILES string of the molecule is COC(=O)NC[C@@H](CC=O)c1ccc(F)cc1. The molecule has 0 saturated heterocycles. The number of rotatable bonds is 5. The first-order valence-corrected chi connectivity index (χ1v) is 5.18. The zero-order chi connectivity index (χ0) is 12.7. The zero-order valence-corrected chi connectivity index (χ0v) is 9.48.